The number of nitrogens with one attached hydrogen (secondary N) is 1. The lowest BCUT2D eigenvalue weighted by atomic mass is 10.1. The van der Waals surface area contributed by atoms with Gasteiger partial charge in [0.15, 0.2) is 0 Å². The summed E-state index contributed by atoms with van der Waals surface area (Å²) in [5.41, 5.74) is 2.22. The van der Waals surface area contributed by atoms with Crippen molar-refractivity contribution in [1.29, 1.82) is 0 Å². The number of hydrogen-bond acceptors (Lipinski definition) is 3. The monoisotopic (exact) mass is 304 g/mol. The van der Waals surface area contributed by atoms with E-state index in [2.05, 4.69) is 23.3 Å². The molecule has 4 heteroatoms. The highest BCUT2D eigenvalue weighted by Crippen LogP contribution is 2.20. The molecule has 0 bridgehead atoms. The van der Waals surface area contributed by atoms with Crippen LogP contribution in [0.3, 0.4) is 0 Å². The van der Waals surface area contributed by atoms with Gasteiger partial charge in [0.2, 0.25) is 5.88 Å². The van der Waals surface area contributed by atoms with Crippen molar-refractivity contribution in [3.8, 4) is 5.88 Å². The first-order valence-electron chi connectivity index (χ1n) is 7.15. The van der Waals surface area contributed by atoms with Crippen LogP contribution < -0.4 is 10.1 Å². The lowest BCUT2D eigenvalue weighted by Gasteiger charge is -2.17. The first-order valence-corrected chi connectivity index (χ1v) is 7.53. The summed E-state index contributed by atoms with van der Waals surface area (Å²) in [7, 11) is 0. The number of pyridine rings is 1. The van der Waals surface area contributed by atoms with Gasteiger partial charge in [0.25, 0.3) is 0 Å². The van der Waals surface area contributed by atoms with Crippen LogP contribution in [0.4, 0.5) is 0 Å². The Balaban J connectivity index is 2.02. The van der Waals surface area contributed by atoms with Gasteiger partial charge in [-0.15, -0.1) is 0 Å². The first-order chi connectivity index (χ1) is 10.1. The molecule has 0 fully saturated rings. The molecule has 0 saturated heterocycles. The standard InChI is InChI=1S/C17H21ClN2O/c1-12(2)21-17-15(7-5-9-19-17)11-20-13(3)14-6-4-8-16(18)10-14/h4-10,12-13,20H,11H2,1-3H3. The van der Waals surface area contributed by atoms with E-state index < -0.39 is 0 Å². The predicted molar refractivity (Wildman–Crippen MR) is 86.7 cm³/mol. The van der Waals surface area contributed by atoms with E-state index in [1.807, 2.05) is 44.2 Å². The van der Waals surface area contributed by atoms with Crippen LogP contribution in [0.15, 0.2) is 42.6 Å². The van der Waals surface area contributed by atoms with Crippen LogP contribution >= 0.6 is 11.6 Å². The summed E-state index contributed by atoms with van der Waals surface area (Å²) >= 11 is 6.03. The van der Waals surface area contributed by atoms with Crippen molar-refractivity contribution in [3.63, 3.8) is 0 Å². The van der Waals surface area contributed by atoms with Gasteiger partial charge in [0.05, 0.1) is 6.10 Å². The lowest BCUT2D eigenvalue weighted by Crippen LogP contribution is -2.19. The SMILES string of the molecule is CC(C)Oc1ncccc1CNC(C)c1cccc(Cl)c1. The molecule has 3 nitrogen and oxygen atoms in total. The number of halogens is 1. The van der Waals surface area contributed by atoms with E-state index in [1.54, 1.807) is 6.20 Å². The Morgan fingerprint density at radius 2 is 2.00 bits per heavy atom. The Bertz CT molecular complexity index is 587. The van der Waals surface area contributed by atoms with Crippen LogP contribution in [0.1, 0.15) is 37.9 Å². The summed E-state index contributed by atoms with van der Waals surface area (Å²) in [5, 5.41) is 4.23. The third kappa shape index (κ3) is 4.73. The average molecular weight is 305 g/mol. The maximum Gasteiger partial charge on any atom is 0.218 e. The number of rotatable bonds is 6. The minimum Gasteiger partial charge on any atom is -0.475 e. The second-order valence-corrected chi connectivity index (χ2v) is 5.73. The molecule has 1 aromatic heterocycles. The fourth-order valence-electron chi connectivity index (χ4n) is 2.04. The highest BCUT2D eigenvalue weighted by atomic mass is 35.5. The summed E-state index contributed by atoms with van der Waals surface area (Å²) < 4.78 is 5.73. The van der Waals surface area contributed by atoms with Crippen LogP contribution in [0, 0.1) is 0 Å². The number of nitrogens with zero attached hydrogens (tertiary/aromatic N) is 1. The van der Waals surface area contributed by atoms with Crippen LogP contribution in [-0.4, -0.2) is 11.1 Å². The minimum absolute atomic E-state index is 0.115. The molecule has 0 radical (unpaired) electrons. The Morgan fingerprint density at radius 3 is 2.71 bits per heavy atom. The zero-order chi connectivity index (χ0) is 15.2. The molecule has 2 rings (SSSR count). The Kier molecular flexibility index (Phi) is 5.59. The molecular weight excluding hydrogens is 284 g/mol. The molecule has 112 valence electrons. The number of aromatic nitrogens is 1. The molecule has 1 N–H and O–H groups in total. The fraction of sp³-hybridized carbons (Fsp3) is 0.353. The van der Waals surface area contributed by atoms with E-state index in [-0.39, 0.29) is 12.1 Å². The van der Waals surface area contributed by atoms with E-state index in [0.717, 1.165) is 16.1 Å². The number of hydrogen-bond donors (Lipinski definition) is 1. The van der Waals surface area contributed by atoms with Gasteiger partial charge in [-0.3, -0.25) is 0 Å². The maximum atomic E-state index is 6.03. The molecular formula is C17H21ClN2O. The summed E-state index contributed by atoms with van der Waals surface area (Å²) in [5.74, 6) is 0.693. The minimum atomic E-state index is 0.115. The lowest BCUT2D eigenvalue weighted by molar-refractivity contribution is 0.229. The molecule has 0 amide bonds. The van der Waals surface area contributed by atoms with Crippen LogP contribution in [-0.2, 0) is 6.54 Å². The van der Waals surface area contributed by atoms with Crippen molar-refractivity contribution in [2.45, 2.75) is 39.5 Å². The molecule has 0 spiro atoms. The molecule has 21 heavy (non-hydrogen) atoms. The molecule has 1 unspecified atom stereocenters. The smallest absolute Gasteiger partial charge is 0.218 e. The summed E-state index contributed by atoms with van der Waals surface area (Å²) in [6.07, 6.45) is 1.87. The van der Waals surface area contributed by atoms with Gasteiger partial charge in [0, 0.05) is 29.4 Å². The highest BCUT2D eigenvalue weighted by Gasteiger charge is 2.09. The zero-order valence-electron chi connectivity index (χ0n) is 12.6. The van der Waals surface area contributed by atoms with E-state index in [9.17, 15) is 0 Å². The van der Waals surface area contributed by atoms with Crippen molar-refractivity contribution < 1.29 is 4.74 Å². The number of benzene rings is 1. The van der Waals surface area contributed by atoms with Crippen LogP contribution in [0.25, 0.3) is 0 Å². The Morgan fingerprint density at radius 1 is 1.19 bits per heavy atom. The largest absolute Gasteiger partial charge is 0.475 e. The maximum absolute atomic E-state index is 6.03. The Hall–Kier alpha value is -1.58. The van der Waals surface area contributed by atoms with Crippen LogP contribution in [0.5, 0.6) is 5.88 Å². The van der Waals surface area contributed by atoms with Gasteiger partial charge in [-0.2, -0.15) is 0 Å². The van der Waals surface area contributed by atoms with Gasteiger partial charge in [-0.05, 0) is 44.5 Å². The molecule has 2 aromatic rings. The molecule has 1 aromatic carbocycles. The van der Waals surface area contributed by atoms with Crippen molar-refractivity contribution in [2.75, 3.05) is 0 Å². The molecule has 0 aliphatic rings. The fourth-order valence-corrected chi connectivity index (χ4v) is 2.24. The highest BCUT2D eigenvalue weighted by molar-refractivity contribution is 6.30. The first kappa shape index (κ1) is 15.8. The Labute approximate surface area is 131 Å². The van der Waals surface area contributed by atoms with Gasteiger partial charge >= 0.3 is 0 Å². The van der Waals surface area contributed by atoms with E-state index in [0.29, 0.717) is 12.4 Å². The van der Waals surface area contributed by atoms with Gasteiger partial charge in [-0.1, -0.05) is 29.8 Å². The molecule has 1 heterocycles. The van der Waals surface area contributed by atoms with E-state index >= 15 is 0 Å². The molecule has 1 atom stereocenters. The van der Waals surface area contributed by atoms with Gasteiger partial charge < -0.3 is 10.1 Å². The third-order valence-corrected chi connectivity index (χ3v) is 3.38. The summed E-state index contributed by atoms with van der Waals surface area (Å²) in [6, 6.07) is 12.1. The average Bonchev–Trinajstić information content (AvgIpc) is 2.45. The van der Waals surface area contributed by atoms with Crippen molar-refractivity contribution in [3.05, 3.63) is 58.7 Å². The second kappa shape index (κ2) is 7.43. The summed E-state index contributed by atoms with van der Waals surface area (Å²) in [6.45, 7) is 6.82. The zero-order valence-corrected chi connectivity index (χ0v) is 13.4. The van der Waals surface area contributed by atoms with Crippen molar-refractivity contribution in [2.24, 2.45) is 0 Å². The predicted octanol–water partition coefficient (Wildman–Crippen LogP) is 4.37. The second-order valence-electron chi connectivity index (χ2n) is 5.29. The molecule has 0 aliphatic carbocycles. The van der Waals surface area contributed by atoms with Crippen molar-refractivity contribution >= 4 is 11.6 Å². The molecule has 0 saturated carbocycles. The number of ether oxygens (including phenoxy) is 1. The normalized spacial score (nSPS) is 12.4. The topological polar surface area (TPSA) is 34.1 Å². The van der Waals surface area contributed by atoms with E-state index in [4.69, 9.17) is 16.3 Å². The molecule has 0 aliphatic heterocycles. The van der Waals surface area contributed by atoms with Crippen LogP contribution in [0.2, 0.25) is 5.02 Å². The van der Waals surface area contributed by atoms with Gasteiger partial charge in [-0.25, -0.2) is 4.98 Å². The summed E-state index contributed by atoms with van der Waals surface area (Å²) in [4.78, 5) is 4.30. The quantitative estimate of drug-likeness (QED) is 0.860. The third-order valence-electron chi connectivity index (χ3n) is 3.14. The van der Waals surface area contributed by atoms with E-state index in [1.165, 1.54) is 0 Å². The van der Waals surface area contributed by atoms with Gasteiger partial charge in [0.1, 0.15) is 0 Å². The van der Waals surface area contributed by atoms with Crippen molar-refractivity contribution in [1.82, 2.24) is 10.3 Å².